The van der Waals surface area contributed by atoms with Gasteiger partial charge in [-0.2, -0.15) is 18.3 Å². The van der Waals surface area contributed by atoms with E-state index in [-0.39, 0.29) is 32.0 Å². The Morgan fingerprint density at radius 2 is 2.22 bits per heavy atom. The zero-order valence-electron chi connectivity index (χ0n) is 9.79. The number of aliphatic hydroxyl groups excluding tert-OH is 1. The molecule has 1 rings (SSSR count). The molecule has 0 saturated heterocycles. The summed E-state index contributed by atoms with van der Waals surface area (Å²) in [5, 5.41) is 14.3. The van der Waals surface area contributed by atoms with E-state index in [0.29, 0.717) is 5.69 Å². The summed E-state index contributed by atoms with van der Waals surface area (Å²) in [6.45, 7) is 1.52. The molecule has 0 saturated carbocycles. The summed E-state index contributed by atoms with van der Waals surface area (Å²) >= 11 is 0. The minimum Gasteiger partial charge on any atom is -0.395 e. The molecule has 1 amide bonds. The Labute approximate surface area is 102 Å². The number of hydrogen-bond acceptors (Lipinski definition) is 3. The zero-order valence-corrected chi connectivity index (χ0v) is 9.79. The standard InChI is InChI=1S/C10H14F3N3O2/c1-7-6-8(10(11,12)13)15-16(7)4-2-9(18)14-3-5-17/h6,17H,2-5H2,1H3,(H,14,18). The lowest BCUT2D eigenvalue weighted by molar-refractivity contribution is -0.141. The molecule has 1 heterocycles. The second-order valence-corrected chi connectivity index (χ2v) is 3.72. The van der Waals surface area contributed by atoms with E-state index in [0.717, 1.165) is 10.7 Å². The normalized spacial score (nSPS) is 11.6. The summed E-state index contributed by atoms with van der Waals surface area (Å²) in [5.41, 5.74) is -0.618. The van der Waals surface area contributed by atoms with Crippen LogP contribution in [0.2, 0.25) is 0 Å². The number of nitrogens with one attached hydrogen (secondary N) is 1. The number of aliphatic hydroxyl groups is 1. The van der Waals surface area contributed by atoms with Crippen molar-refractivity contribution in [3.05, 3.63) is 17.5 Å². The number of hydrogen-bond donors (Lipinski definition) is 2. The first-order valence-electron chi connectivity index (χ1n) is 5.34. The van der Waals surface area contributed by atoms with E-state index in [1.807, 2.05) is 0 Å². The molecular formula is C10H14F3N3O2. The number of amides is 1. The number of aryl methyl sites for hydroxylation is 2. The highest BCUT2D eigenvalue weighted by molar-refractivity contribution is 5.75. The van der Waals surface area contributed by atoms with Crippen LogP contribution in [-0.4, -0.2) is 33.9 Å². The van der Waals surface area contributed by atoms with Crippen LogP contribution in [0.3, 0.4) is 0 Å². The minimum atomic E-state index is -4.48. The highest BCUT2D eigenvalue weighted by atomic mass is 19.4. The number of carbonyl (C=O) groups excluding carboxylic acids is 1. The van der Waals surface area contributed by atoms with Crippen molar-refractivity contribution in [3.8, 4) is 0 Å². The molecule has 0 aliphatic carbocycles. The molecular weight excluding hydrogens is 251 g/mol. The van der Waals surface area contributed by atoms with Crippen LogP contribution in [0.1, 0.15) is 17.8 Å². The number of carbonyl (C=O) groups is 1. The lowest BCUT2D eigenvalue weighted by Gasteiger charge is -2.05. The van der Waals surface area contributed by atoms with Crippen LogP contribution in [0, 0.1) is 6.92 Å². The van der Waals surface area contributed by atoms with Gasteiger partial charge in [-0.05, 0) is 13.0 Å². The van der Waals surface area contributed by atoms with Crippen LogP contribution < -0.4 is 5.32 Å². The molecule has 0 spiro atoms. The Hall–Kier alpha value is -1.57. The lowest BCUT2D eigenvalue weighted by Crippen LogP contribution is -2.27. The Balaban J connectivity index is 2.58. The van der Waals surface area contributed by atoms with Crippen molar-refractivity contribution in [3.63, 3.8) is 0 Å². The molecule has 18 heavy (non-hydrogen) atoms. The number of rotatable bonds is 5. The van der Waals surface area contributed by atoms with Crippen LogP contribution >= 0.6 is 0 Å². The summed E-state index contributed by atoms with van der Waals surface area (Å²) in [6, 6.07) is 0.936. The van der Waals surface area contributed by atoms with E-state index in [4.69, 9.17) is 5.11 Å². The fourth-order valence-corrected chi connectivity index (χ4v) is 1.37. The van der Waals surface area contributed by atoms with Crippen LogP contribution in [0.15, 0.2) is 6.07 Å². The number of alkyl halides is 3. The molecule has 102 valence electrons. The van der Waals surface area contributed by atoms with Gasteiger partial charge in [0.05, 0.1) is 6.61 Å². The third-order valence-corrected chi connectivity index (χ3v) is 2.26. The summed E-state index contributed by atoms with van der Waals surface area (Å²) in [5.74, 6) is -0.340. The minimum absolute atomic E-state index is 0.0137. The summed E-state index contributed by atoms with van der Waals surface area (Å²) in [7, 11) is 0. The van der Waals surface area contributed by atoms with Gasteiger partial charge < -0.3 is 10.4 Å². The van der Waals surface area contributed by atoms with Gasteiger partial charge in [0.15, 0.2) is 5.69 Å². The third kappa shape index (κ3) is 4.02. The molecule has 0 fully saturated rings. The Morgan fingerprint density at radius 3 is 2.72 bits per heavy atom. The maximum Gasteiger partial charge on any atom is 0.435 e. The van der Waals surface area contributed by atoms with Crippen molar-refractivity contribution in [2.24, 2.45) is 0 Å². The fourth-order valence-electron chi connectivity index (χ4n) is 1.37. The molecule has 0 aliphatic rings. The van der Waals surface area contributed by atoms with Gasteiger partial charge in [0, 0.05) is 25.2 Å². The summed E-state index contributed by atoms with van der Waals surface area (Å²) in [4.78, 5) is 11.2. The Kier molecular flexibility index (Phi) is 4.71. The highest BCUT2D eigenvalue weighted by Crippen LogP contribution is 2.28. The summed E-state index contributed by atoms with van der Waals surface area (Å²) in [6.07, 6.45) is -4.46. The SMILES string of the molecule is Cc1cc(C(F)(F)F)nn1CCC(=O)NCCO. The van der Waals surface area contributed by atoms with E-state index in [9.17, 15) is 18.0 Å². The van der Waals surface area contributed by atoms with Gasteiger partial charge in [-0.3, -0.25) is 9.48 Å². The third-order valence-electron chi connectivity index (χ3n) is 2.26. The molecule has 0 aliphatic heterocycles. The smallest absolute Gasteiger partial charge is 0.395 e. The number of aromatic nitrogens is 2. The van der Waals surface area contributed by atoms with Gasteiger partial charge in [0.25, 0.3) is 0 Å². The van der Waals surface area contributed by atoms with Gasteiger partial charge >= 0.3 is 6.18 Å². The van der Waals surface area contributed by atoms with Crippen molar-refractivity contribution in [2.45, 2.75) is 26.1 Å². The van der Waals surface area contributed by atoms with Crippen molar-refractivity contribution in [1.82, 2.24) is 15.1 Å². The van der Waals surface area contributed by atoms with E-state index in [2.05, 4.69) is 10.4 Å². The molecule has 0 radical (unpaired) electrons. The van der Waals surface area contributed by atoms with Gasteiger partial charge in [-0.25, -0.2) is 0 Å². The lowest BCUT2D eigenvalue weighted by atomic mass is 10.3. The number of nitrogens with zero attached hydrogens (tertiary/aromatic N) is 2. The van der Waals surface area contributed by atoms with Gasteiger partial charge in [0.2, 0.25) is 5.91 Å². The van der Waals surface area contributed by atoms with Crippen LogP contribution in [0.5, 0.6) is 0 Å². The van der Waals surface area contributed by atoms with Gasteiger partial charge in [-0.15, -0.1) is 0 Å². The molecule has 0 bridgehead atoms. The highest BCUT2D eigenvalue weighted by Gasteiger charge is 2.34. The molecule has 1 aromatic heterocycles. The van der Waals surface area contributed by atoms with E-state index >= 15 is 0 Å². The van der Waals surface area contributed by atoms with Crippen LogP contribution in [-0.2, 0) is 17.5 Å². The molecule has 8 heteroatoms. The first-order chi connectivity index (χ1) is 8.34. The van der Waals surface area contributed by atoms with Crippen molar-refractivity contribution in [2.75, 3.05) is 13.2 Å². The first kappa shape index (κ1) is 14.5. The van der Waals surface area contributed by atoms with Gasteiger partial charge in [-0.1, -0.05) is 0 Å². The van der Waals surface area contributed by atoms with E-state index in [1.165, 1.54) is 6.92 Å². The fraction of sp³-hybridized carbons (Fsp3) is 0.600. The average molecular weight is 265 g/mol. The maximum absolute atomic E-state index is 12.4. The predicted octanol–water partition coefficient (Wildman–Crippen LogP) is 0.709. The van der Waals surface area contributed by atoms with Gasteiger partial charge in [0.1, 0.15) is 0 Å². The maximum atomic E-state index is 12.4. The predicted molar refractivity (Wildman–Crippen MR) is 56.7 cm³/mol. The summed E-state index contributed by atoms with van der Waals surface area (Å²) < 4.78 is 38.2. The molecule has 0 atom stereocenters. The molecule has 0 aromatic carbocycles. The van der Waals surface area contributed by atoms with Crippen LogP contribution in [0.25, 0.3) is 0 Å². The van der Waals surface area contributed by atoms with Crippen molar-refractivity contribution in [1.29, 1.82) is 0 Å². The topological polar surface area (TPSA) is 67.2 Å². The van der Waals surface area contributed by atoms with Crippen molar-refractivity contribution < 1.29 is 23.1 Å². The average Bonchev–Trinajstić information content (AvgIpc) is 2.65. The second-order valence-electron chi connectivity index (χ2n) is 3.72. The molecule has 2 N–H and O–H groups in total. The second kappa shape index (κ2) is 5.85. The monoisotopic (exact) mass is 265 g/mol. The quantitative estimate of drug-likeness (QED) is 0.824. The Bertz CT molecular complexity index is 415. The molecule has 1 aromatic rings. The largest absolute Gasteiger partial charge is 0.435 e. The molecule has 0 unspecified atom stereocenters. The van der Waals surface area contributed by atoms with E-state index in [1.54, 1.807) is 0 Å². The molecule has 5 nitrogen and oxygen atoms in total. The zero-order chi connectivity index (χ0) is 13.8. The number of halogens is 3. The Morgan fingerprint density at radius 1 is 1.56 bits per heavy atom. The van der Waals surface area contributed by atoms with E-state index < -0.39 is 11.9 Å². The van der Waals surface area contributed by atoms with Crippen molar-refractivity contribution >= 4 is 5.91 Å². The first-order valence-corrected chi connectivity index (χ1v) is 5.34. The van der Waals surface area contributed by atoms with Crippen LogP contribution in [0.4, 0.5) is 13.2 Å².